The zero-order valence-electron chi connectivity index (χ0n) is 10.0. The summed E-state index contributed by atoms with van der Waals surface area (Å²) in [5.74, 6) is -0.416. The Balaban J connectivity index is 2.73. The highest BCUT2D eigenvalue weighted by Gasteiger charge is 2.06. The van der Waals surface area contributed by atoms with E-state index in [1.165, 1.54) is 7.11 Å². The van der Waals surface area contributed by atoms with Gasteiger partial charge in [0.15, 0.2) is 0 Å². The number of nitrogens with zero attached hydrogens (tertiary/aromatic N) is 3. The van der Waals surface area contributed by atoms with E-state index < -0.39 is 5.97 Å². The lowest BCUT2D eigenvalue weighted by Gasteiger charge is -2.03. The zero-order valence-corrected chi connectivity index (χ0v) is 10.0. The van der Waals surface area contributed by atoms with Gasteiger partial charge < -0.3 is 10.5 Å². The van der Waals surface area contributed by atoms with Gasteiger partial charge in [-0.05, 0) is 29.6 Å². The minimum absolute atomic E-state index is 0.410. The van der Waals surface area contributed by atoms with Crippen LogP contribution in [0, 0.1) is 0 Å². The van der Waals surface area contributed by atoms with Gasteiger partial charge in [-0.2, -0.15) is 0 Å². The highest BCUT2D eigenvalue weighted by Crippen LogP contribution is 2.16. The number of esters is 1. The fourth-order valence-electron chi connectivity index (χ4n) is 1.36. The second-order valence-corrected chi connectivity index (χ2v) is 3.48. The second-order valence-electron chi connectivity index (χ2n) is 3.48. The summed E-state index contributed by atoms with van der Waals surface area (Å²) >= 11 is 0. The minimum Gasteiger partial charge on any atom is -0.465 e. The maximum absolute atomic E-state index is 11.3. The molecule has 94 valence electrons. The van der Waals surface area contributed by atoms with Crippen LogP contribution in [-0.4, -0.2) is 19.6 Å². The van der Waals surface area contributed by atoms with E-state index in [0.29, 0.717) is 24.2 Å². The molecule has 0 unspecified atom stereocenters. The standard InChI is InChI=1S/C12H14N4O2/c1-18-12(17)10-6-5-9(11(13)8-10)4-2-3-7-15-16-14/h2,4-6,8H,3,7,13H2,1H3. The Labute approximate surface area is 105 Å². The molecule has 0 radical (unpaired) electrons. The van der Waals surface area contributed by atoms with Crippen molar-refractivity contribution in [1.29, 1.82) is 0 Å². The van der Waals surface area contributed by atoms with Crippen molar-refractivity contribution in [3.8, 4) is 0 Å². The van der Waals surface area contributed by atoms with Crippen LogP contribution < -0.4 is 5.73 Å². The van der Waals surface area contributed by atoms with Gasteiger partial charge in [-0.25, -0.2) is 4.79 Å². The summed E-state index contributed by atoms with van der Waals surface area (Å²) in [6.45, 7) is 0.410. The van der Waals surface area contributed by atoms with Gasteiger partial charge in [-0.1, -0.05) is 23.3 Å². The van der Waals surface area contributed by atoms with E-state index >= 15 is 0 Å². The maximum Gasteiger partial charge on any atom is 0.337 e. The maximum atomic E-state index is 11.3. The number of benzene rings is 1. The van der Waals surface area contributed by atoms with Crippen molar-refractivity contribution in [2.75, 3.05) is 19.4 Å². The first kappa shape index (κ1) is 13.6. The average molecular weight is 246 g/mol. The van der Waals surface area contributed by atoms with Crippen LogP contribution >= 0.6 is 0 Å². The minimum atomic E-state index is -0.416. The Morgan fingerprint density at radius 3 is 3.00 bits per heavy atom. The first-order valence-electron chi connectivity index (χ1n) is 5.34. The fourth-order valence-corrected chi connectivity index (χ4v) is 1.36. The zero-order chi connectivity index (χ0) is 13.4. The summed E-state index contributed by atoms with van der Waals surface area (Å²) in [4.78, 5) is 13.9. The predicted octanol–water partition coefficient (Wildman–Crippen LogP) is 2.77. The summed E-state index contributed by atoms with van der Waals surface area (Å²) in [6.07, 6.45) is 4.32. The first-order chi connectivity index (χ1) is 8.69. The Hall–Kier alpha value is -2.46. The van der Waals surface area contributed by atoms with Gasteiger partial charge in [0.05, 0.1) is 12.7 Å². The van der Waals surface area contributed by atoms with E-state index in [9.17, 15) is 4.79 Å². The third-order valence-electron chi connectivity index (χ3n) is 2.26. The number of carbonyl (C=O) groups is 1. The molecule has 0 aliphatic rings. The molecule has 0 aromatic heterocycles. The summed E-state index contributed by atoms with van der Waals surface area (Å²) in [7, 11) is 1.32. The van der Waals surface area contributed by atoms with Gasteiger partial charge in [0.2, 0.25) is 0 Å². The molecule has 0 atom stereocenters. The Morgan fingerprint density at radius 1 is 1.61 bits per heavy atom. The number of hydrogen-bond donors (Lipinski definition) is 1. The molecule has 1 aromatic rings. The van der Waals surface area contributed by atoms with Crippen LogP contribution in [0.2, 0.25) is 0 Å². The quantitative estimate of drug-likeness (QED) is 0.216. The van der Waals surface area contributed by atoms with Crippen LogP contribution in [0.5, 0.6) is 0 Å². The van der Waals surface area contributed by atoms with Crippen LogP contribution in [0.25, 0.3) is 16.5 Å². The molecule has 0 aliphatic heterocycles. The Morgan fingerprint density at radius 2 is 2.39 bits per heavy atom. The van der Waals surface area contributed by atoms with E-state index in [4.69, 9.17) is 11.3 Å². The molecule has 6 nitrogen and oxygen atoms in total. The molecule has 0 saturated heterocycles. The normalized spacial score (nSPS) is 10.1. The number of nitrogens with two attached hydrogens (primary N) is 1. The number of methoxy groups -OCH3 is 1. The third kappa shape index (κ3) is 3.84. The fraction of sp³-hybridized carbons (Fsp3) is 0.250. The van der Waals surface area contributed by atoms with Crippen molar-refractivity contribution in [1.82, 2.24) is 0 Å². The molecule has 0 bridgehead atoms. The molecule has 18 heavy (non-hydrogen) atoms. The van der Waals surface area contributed by atoms with Crippen LogP contribution in [-0.2, 0) is 4.74 Å². The average Bonchev–Trinajstić information content (AvgIpc) is 2.39. The van der Waals surface area contributed by atoms with E-state index in [1.807, 2.05) is 12.2 Å². The van der Waals surface area contributed by atoms with E-state index in [-0.39, 0.29) is 0 Å². The molecular formula is C12H14N4O2. The molecule has 0 fully saturated rings. The summed E-state index contributed by atoms with van der Waals surface area (Å²) in [6, 6.07) is 4.96. The van der Waals surface area contributed by atoms with Gasteiger partial charge in [0.25, 0.3) is 0 Å². The largest absolute Gasteiger partial charge is 0.465 e. The van der Waals surface area contributed by atoms with Crippen LogP contribution in [0.1, 0.15) is 22.3 Å². The van der Waals surface area contributed by atoms with Gasteiger partial charge in [-0.3, -0.25) is 0 Å². The van der Waals surface area contributed by atoms with Crippen molar-refractivity contribution in [2.24, 2.45) is 5.11 Å². The monoisotopic (exact) mass is 246 g/mol. The van der Waals surface area contributed by atoms with Gasteiger partial charge in [-0.15, -0.1) is 0 Å². The number of anilines is 1. The van der Waals surface area contributed by atoms with Crippen LogP contribution in [0.15, 0.2) is 29.4 Å². The van der Waals surface area contributed by atoms with Crippen molar-refractivity contribution in [3.63, 3.8) is 0 Å². The first-order valence-corrected chi connectivity index (χ1v) is 5.34. The molecule has 2 N–H and O–H groups in total. The van der Waals surface area contributed by atoms with Crippen LogP contribution in [0.4, 0.5) is 5.69 Å². The molecule has 1 rings (SSSR count). The van der Waals surface area contributed by atoms with Crippen molar-refractivity contribution in [3.05, 3.63) is 45.8 Å². The summed E-state index contributed by atoms with van der Waals surface area (Å²) < 4.78 is 4.60. The van der Waals surface area contributed by atoms with E-state index in [1.54, 1.807) is 18.2 Å². The van der Waals surface area contributed by atoms with Crippen molar-refractivity contribution >= 4 is 17.7 Å². The lowest BCUT2D eigenvalue weighted by molar-refractivity contribution is 0.0601. The molecule has 0 heterocycles. The molecule has 0 saturated carbocycles. The number of ether oxygens (including phenoxy) is 1. The highest BCUT2D eigenvalue weighted by atomic mass is 16.5. The van der Waals surface area contributed by atoms with Gasteiger partial charge in [0, 0.05) is 17.1 Å². The molecule has 0 spiro atoms. The van der Waals surface area contributed by atoms with Gasteiger partial charge >= 0.3 is 5.97 Å². The molecule has 6 heteroatoms. The summed E-state index contributed by atoms with van der Waals surface area (Å²) in [5.41, 5.74) is 15.6. The SMILES string of the molecule is COC(=O)c1ccc(C=CCCN=[N+]=[N-])c(N)c1. The molecule has 0 amide bonds. The van der Waals surface area contributed by atoms with Crippen molar-refractivity contribution in [2.45, 2.75) is 6.42 Å². The van der Waals surface area contributed by atoms with Gasteiger partial charge in [0.1, 0.15) is 0 Å². The Kier molecular flexibility index (Phi) is 5.28. The van der Waals surface area contributed by atoms with Crippen molar-refractivity contribution < 1.29 is 9.53 Å². The van der Waals surface area contributed by atoms with Crippen LogP contribution in [0.3, 0.4) is 0 Å². The number of carbonyl (C=O) groups excluding carboxylic acids is 1. The third-order valence-corrected chi connectivity index (χ3v) is 2.26. The molecular weight excluding hydrogens is 232 g/mol. The van der Waals surface area contributed by atoms with E-state index in [0.717, 1.165) is 5.56 Å². The number of nitrogen functional groups attached to an aromatic ring is 1. The second kappa shape index (κ2) is 6.98. The smallest absolute Gasteiger partial charge is 0.337 e. The molecule has 0 aliphatic carbocycles. The topological polar surface area (TPSA) is 101 Å². The lowest BCUT2D eigenvalue weighted by Crippen LogP contribution is -2.02. The number of azide groups is 1. The number of rotatable bonds is 5. The number of hydrogen-bond acceptors (Lipinski definition) is 4. The predicted molar refractivity (Wildman–Crippen MR) is 69.9 cm³/mol. The Bertz CT molecular complexity index is 505. The lowest BCUT2D eigenvalue weighted by atomic mass is 10.1. The molecule has 1 aromatic carbocycles. The van der Waals surface area contributed by atoms with E-state index in [2.05, 4.69) is 14.8 Å². The summed E-state index contributed by atoms with van der Waals surface area (Å²) in [5, 5.41) is 3.41. The highest BCUT2D eigenvalue weighted by molar-refractivity contribution is 5.91.